The molecule has 0 amide bonds. The normalized spacial score (nSPS) is 16.1. The lowest BCUT2D eigenvalue weighted by Gasteiger charge is -2.27. The lowest BCUT2D eigenvalue weighted by Crippen LogP contribution is -2.38. The molecule has 1 aromatic rings. The van der Waals surface area contributed by atoms with Crippen molar-refractivity contribution in [1.82, 2.24) is 0 Å². The number of Topliss-reactive ketones (excluding diaryl/α,β-unsaturated/α-hetero) is 1. The Morgan fingerprint density at radius 3 is 2.00 bits per heavy atom. The number of halogens is 1. The monoisotopic (exact) mass is 449 g/mol. The molecule has 7 nitrogen and oxygen atoms in total. The van der Waals surface area contributed by atoms with E-state index in [1.807, 2.05) is 0 Å². The van der Waals surface area contributed by atoms with Crippen LogP contribution in [0.5, 0.6) is 5.75 Å². The van der Waals surface area contributed by atoms with Gasteiger partial charge in [-0.25, -0.2) is 4.39 Å². The lowest BCUT2D eigenvalue weighted by atomic mass is 9.91. The maximum atomic E-state index is 15.4. The molecule has 4 N–H and O–H groups in total. The molecular weight excluding hydrogens is 429 g/mol. The van der Waals surface area contributed by atoms with Crippen LogP contribution in [0.3, 0.4) is 0 Å². The summed E-state index contributed by atoms with van der Waals surface area (Å²) in [5.74, 6) is -3.38. The first-order chi connectivity index (χ1) is 13.4. The number of hydrogen-bond acceptors (Lipinski definition) is 10. The molecule has 28 heavy (non-hydrogen) atoms. The number of aliphatic hydroxyl groups is 3. The largest absolute Gasteiger partial charge is 0.424 e. The Balaban J connectivity index is 2.75. The van der Waals surface area contributed by atoms with Crippen molar-refractivity contribution >= 4 is 52.7 Å². The highest BCUT2D eigenvalue weighted by atomic mass is 32.2. The van der Waals surface area contributed by atoms with Crippen molar-refractivity contribution in [3.8, 4) is 5.75 Å². The number of fused-ring (bicyclic) bond motifs is 1. The van der Waals surface area contributed by atoms with Crippen molar-refractivity contribution < 1.29 is 34.0 Å². The summed E-state index contributed by atoms with van der Waals surface area (Å²) in [6, 6.07) is 0. The van der Waals surface area contributed by atoms with E-state index < -0.39 is 23.5 Å². The first kappa shape index (κ1) is 23.2. The first-order valence-corrected chi connectivity index (χ1v) is 11.3. The van der Waals surface area contributed by atoms with Gasteiger partial charge in [0.2, 0.25) is 0 Å². The maximum Gasteiger partial charge on any atom is 0.328 e. The molecule has 1 aliphatic rings. The highest BCUT2D eigenvalue weighted by molar-refractivity contribution is 8.02. The van der Waals surface area contributed by atoms with Gasteiger partial charge in [0.05, 0.1) is 40.1 Å². The average Bonchev–Trinajstić information content (AvgIpc) is 2.64. The molecular formula is C17H20FNO6S3. The number of carbonyl (C=O) groups is 2. The maximum absolute atomic E-state index is 15.4. The Bertz CT molecular complexity index is 789. The minimum absolute atomic E-state index is 0.0541. The Morgan fingerprint density at radius 1 is 1.00 bits per heavy atom. The SMILES string of the molecule is CC(=N)C1C(=O)Oc2c(SCCO)c(SCCO)c(F)c(SCCO)c2C1=O. The van der Waals surface area contributed by atoms with Crippen molar-refractivity contribution in [3.63, 3.8) is 0 Å². The van der Waals surface area contributed by atoms with Gasteiger partial charge in [-0.15, -0.1) is 35.3 Å². The summed E-state index contributed by atoms with van der Waals surface area (Å²) in [5, 5.41) is 35.1. The molecule has 0 saturated carbocycles. The average molecular weight is 450 g/mol. The third-order valence-corrected chi connectivity index (χ3v) is 6.97. The number of thioether (sulfide) groups is 3. The Labute approximate surface area is 173 Å². The highest BCUT2D eigenvalue weighted by Crippen LogP contribution is 2.49. The van der Waals surface area contributed by atoms with Gasteiger partial charge in [-0.2, -0.15) is 0 Å². The van der Waals surface area contributed by atoms with E-state index in [0.717, 1.165) is 35.3 Å². The fourth-order valence-corrected chi connectivity index (χ4v) is 5.40. The molecule has 0 aliphatic carbocycles. The second kappa shape index (κ2) is 10.6. The molecule has 0 spiro atoms. The van der Waals surface area contributed by atoms with Crippen molar-refractivity contribution in [1.29, 1.82) is 5.41 Å². The molecule has 0 aromatic heterocycles. The summed E-state index contributed by atoms with van der Waals surface area (Å²) < 4.78 is 20.7. The van der Waals surface area contributed by atoms with E-state index in [4.69, 9.17) is 25.5 Å². The number of esters is 1. The van der Waals surface area contributed by atoms with Crippen molar-refractivity contribution in [2.24, 2.45) is 5.92 Å². The predicted molar refractivity (Wildman–Crippen MR) is 107 cm³/mol. The molecule has 154 valence electrons. The number of ketones is 1. The molecule has 1 aliphatic heterocycles. The fraction of sp³-hybridized carbons (Fsp3) is 0.471. The number of hydrogen-bond donors (Lipinski definition) is 4. The zero-order valence-corrected chi connectivity index (χ0v) is 17.4. The van der Waals surface area contributed by atoms with E-state index in [1.165, 1.54) is 6.92 Å². The predicted octanol–water partition coefficient (Wildman–Crippen LogP) is 1.84. The zero-order chi connectivity index (χ0) is 20.8. The van der Waals surface area contributed by atoms with E-state index in [1.54, 1.807) is 0 Å². The standard InChI is InChI=1S/C17H20FNO6S3/c1-8(19)9-12(23)10-13(25-17(9)24)16(28-7-4-22)15(27-6-3-21)11(18)14(10)26-5-2-20/h9,19-22H,2-7H2,1H3. The van der Waals surface area contributed by atoms with Crippen LogP contribution in [0, 0.1) is 17.1 Å². The smallest absolute Gasteiger partial charge is 0.328 e. The highest BCUT2D eigenvalue weighted by Gasteiger charge is 2.43. The summed E-state index contributed by atoms with van der Waals surface area (Å²) in [5.41, 5.74) is -0.330. The minimum Gasteiger partial charge on any atom is -0.424 e. The summed E-state index contributed by atoms with van der Waals surface area (Å²) >= 11 is 2.96. The summed E-state index contributed by atoms with van der Waals surface area (Å²) in [7, 11) is 0. The van der Waals surface area contributed by atoms with E-state index in [9.17, 15) is 9.59 Å². The van der Waals surface area contributed by atoms with Gasteiger partial charge in [0, 0.05) is 23.0 Å². The van der Waals surface area contributed by atoms with Gasteiger partial charge in [-0.1, -0.05) is 0 Å². The number of aliphatic hydroxyl groups excluding tert-OH is 3. The molecule has 11 heteroatoms. The van der Waals surface area contributed by atoms with Gasteiger partial charge in [0.15, 0.2) is 23.3 Å². The van der Waals surface area contributed by atoms with Gasteiger partial charge in [0.1, 0.15) is 0 Å². The Morgan fingerprint density at radius 2 is 1.50 bits per heavy atom. The molecule has 0 saturated heterocycles. The zero-order valence-electron chi connectivity index (χ0n) is 15.0. The molecule has 1 atom stereocenters. The number of nitrogens with one attached hydrogen (secondary N) is 1. The molecule has 0 fully saturated rings. The second-order valence-corrected chi connectivity index (χ2v) is 8.94. The van der Waals surface area contributed by atoms with E-state index >= 15 is 4.39 Å². The molecule has 1 aromatic carbocycles. The van der Waals surface area contributed by atoms with Crippen LogP contribution in [0.2, 0.25) is 0 Å². The lowest BCUT2D eigenvalue weighted by molar-refractivity contribution is -0.136. The molecule has 1 unspecified atom stereocenters. The first-order valence-electron chi connectivity index (χ1n) is 8.30. The second-order valence-electron chi connectivity index (χ2n) is 5.62. The number of benzene rings is 1. The van der Waals surface area contributed by atoms with Crippen molar-refractivity contribution in [3.05, 3.63) is 11.4 Å². The third kappa shape index (κ3) is 4.71. The summed E-state index contributed by atoms with van der Waals surface area (Å²) in [6.45, 7) is 0.632. The van der Waals surface area contributed by atoms with Crippen molar-refractivity contribution in [2.45, 2.75) is 21.6 Å². The van der Waals surface area contributed by atoms with Crippen LogP contribution in [0.4, 0.5) is 4.39 Å². The van der Waals surface area contributed by atoms with Crippen LogP contribution in [-0.4, -0.2) is 69.9 Å². The summed E-state index contributed by atoms with van der Waals surface area (Å²) in [4.78, 5) is 25.6. The van der Waals surface area contributed by atoms with Crippen LogP contribution in [-0.2, 0) is 4.79 Å². The van der Waals surface area contributed by atoms with Crippen LogP contribution in [0.25, 0.3) is 0 Å². The summed E-state index contributed by atoms with van der Waals surface area (Å²) in [6.07, 6.45) is 0. The molecule has 2 rings (SSSR count). The number of rotatable bonds is 10. The third-order valence-electron chi connectivity index (χ3n) is 3.66. The number of ether oxygens (including phenoxy) is 1. The van der Waals surface area contributed by atoms with Crippen LogP contribution in [0.15, 0.2) is 14.7 Å². The van der Waals surface area contributed by atoms with E-state index in [2.05, 4.69) is 0 Å². The van der Waals surface area contributed by atoms with E-state index in [0.29, 0.717) is 0 Å². The number of carbonyl (C=O) groups excluding carboxylic acids is 2. The van der Waals surface area contributed by atoms with Gasteiger partial charge in [-0.05, 0) is 6.92 Å². The van der Waals surface area contributed by atoms with Gasteiger partial charge in [-0.3, -0.25) is 9.59 Å². The van der Waals surface area contributed by atoms with Crippen LogP contribution in [0.1, 0.15) is 17.3 Å². The molecule has 0 bridgehead atoms. The topological polar surface area (TPSA) is 128 Å². The molecule has 1 heterocycles. The van der Waals surface area contributed by atoms with E-state index in [-0.39, 0.29) is 68.8 Å². The van der Waals surface area contributed by atoms with Crippen molar-refractivity contribution in [2.75, 3.05) is 37.1 Å². The Hall–Kier alpha value is -1.11. The quantitative estimate of drug-likeness (QED) is 0.139. The van der Waals surface area contributed by atoms with Crippen LogP contribution >= 0.6 is 35.3 Å². The van der Waals surface area contributed by atoms with Gasteiger partial charge in [0.25, 0.3) is 0 Å². The van der Waals surface area contributed by atoms with Gasteiger partial charge >= 0.3 is 5.97 Å². The van der Waals surface area contributed by atoms with Gasteiger partial charge < -0.3 is 25.5 Å². The molecule has 0 radical (unpaired) electrons. The minimum atomic E-state index is -1.44. The Kier molecular flexibility index (Phi) is 8.78. The van der Waals surface area contributed by atoms with Crippen LogP contribution < -0.4 is 4.74 Å². The fourth-order valence-electron chi connectivity index (χ4n) is 2.58.